The number of hydrogen-bond donors (Lipinski definition) is 1. The van der Waals surface area contributed by atoms with Gasteiger partial charge in [0.25, 0.3) is 0 Å². The monoisotopic (exact) mass is 267 g/mol. The summed E-state index contributed by atoms with van der Waals surface area (Å²) in [7, 11) is 0. The molecule has 0 amide bonds. The topological polar surface area (TPSA) is 35.2 Å². The molecule has 0 aromatic heterocycles. The fourth-order valence-electron chi connectivity index (χ4n) is 2.52. The van der Waals surface area contributed by atoms with Gasteiger partial charge in [0, 0.05) is 23.0 Å². The average molecular weight is 268 g/mol. The number of nitrogens with two attached hydrogens (primary N) is 1. The zero-order valence-electron chi connectivity index (χ0n) is 11.0. The highest BCUT2D eigenvalue weighted by Gasteiger charge is 2.21. The molecule has 18 heavy (non-hydrogen) atoms. The second-order valence-electron chi connectivity index (χ2n) is 5.04. The largest absolute Gasteiger partial charge is 0.493 e. The second-order valence-corrected chi connectivity index (χ2v) is 5.47. The third kappa shape index (κ3) is 3.18. The van der Waals surface area contributed by atoms with Crippen LogP contribution in [0, 0.1) is 0 Å². The first-order chi connectivity index (χ1) is 8.72. The molecular weight excluding hydrogens is 246 g/mol. The van der Waals surface area contributed by atoms with Crippen molar-refractivity contribution in [2.24, 2.45) is 5.73 Å². The number of fused-ring (bicyclic) bond motifs is 1. The molecular formula is C15H22ClNO. The SMILES string of the molecule is CCCCCCC(N)c1cc(Cl)cc2c1OCC2. The smallest absolute Gasteiger partial charge is 0.127 e. The van der Waals surface area contributed by atoms with E-state index in [1.165, 1.54) is 31.2 Å². The summed E-state index contributed by atoms with van der Waals surface area (Å²) >= 11 is 6.15. The molecule has 0 aliphatic carbocycles. The van der Waals surface area contributed by atoms with E-state index in [4.69, 9.17) is 22.1 Å². The molecule has 1 aliphatic rings. The van der Waals surface area contributed by atoms with Crippen LogP contribution in [0.4, 0.5) is 0 Å². The van der Waals surface area contributed by atoms with E-state index in [1.54, 1.807) is 0 Å². The zero-order chi connectivity index (χ0) is 13.0. The first kappa shape index (κ1) is 13.7. The summed E-state index contributed by atoms with van der Waals surface area (Å²) in [5, 5.41) is 0.776. The van der Waals surface area contributed by atoms with E-state index in [0.717, 1.165) is 35.8 Å². The van der Waals surface area contributed by atoms with Gasteiger partial charge in [-0.15, -0.1) is 0 Å². The maximum Gasteiger partial charge on any atom is 0.127 e. The Labute approximate surface area is 114 Å². The minimum atomic E-state index is 0.0485. The van der Waals surface area contributed by atoms with Crippen LogP contribution in [-0.4, -0.2) is 6.61 Å². The summed E-state index contributed by atoms with van der Waals surface area (Å²) in [6.45, 7) is 2.98. The Morgan fingerprint density at radius 2 is 2.17 bits per heavy atom. The van der Waals surface area contributed by atoms with Crippen LogP contribution in [0.3, 0.4) is 0 Å². The van der Waals surface area contributed by atoms with E-state index in [9.17, 15) is 0 Å². The summed E-state index contributed by atoms with van der Waals surface area (Å²) < 4.78 is 5.69. The van der Waals surface area contributed by atoms with Crippen LogP contribution >= 0.6 is 11.6 Å². The van der Waals surface area contributed by atoms with Crippen molar-refractivity contribution in [2.75, 3.05) is 6.61 Å². The average Bonchev–Trinajstić information content (AvgIpc) is 2.81. The van der Waals surface area contributed by atoms with Gasteiger partial charge in [-0.3, -0.25) is 0 Å². The highest BCUT2D eigenvalue weighted by Crippen LogP contribution is 2.37. The van der Waals surface area contributed by atoms with Gasteiger partial charge >= 0.3 is 0 Å². The van der Waals surface area contributed by atoms with Gasteiger partial charge in [0.15, 0.2) is 0 Å². The van der Waals surface area contributed by atoms with Crippen molar-refractivity contribution in [3.8, 4) is 5.75 Å². The van der Waals surface area contributed by atoms with Gasteiger partial charge in [-0.25, -0.2) is 0 Å². The molecule has 0 fully saturated rings. The predicted octanol–water partition coefficient (Wildman–Crippen LogP) is 4.25. The lowest BCUT2D eigenvalue weighted by atomic mass is 9.98. The van der Waals surface area contributed by atoms with Crippen molar-refractivity contribution in [3.63, 3.8) is 0 Å². The van der Waals surface area contributed by atoms with E-state index in [0.29, 0.717) is 0 Å². The molecule has 100 valence electrons. The Hall–Kier alpha value is -0.730. The normalized spacial score (nSPS) is 15.3. The first-order valence-electron chi connectivity index (χ1n) is 6.93. The zero-order valence-corrected chi connectivity index (χ0v) is 11.8. The van der Waals surface area contributed by atoms with Gasteiger partial charge in [-0.05, 0) is 24.1 Å². The lowest BCUT2D eigenvalue weighted by molar-refractivity contribution is 0.350. The summed E-state index contributed by atoms with van der Waals surface area (Å²) in [5.74, 6) is 0.988. The molecule has 1 unspecified atom stereocenters. The minimum Gasteiger partial charge on any atom is -0.493 e. The fraction of sp³-hybridized carbons (Fsp3) is 0.600. The number of benzene rings is 1. The molecule has 0 bridgehead atoms. The maximum atomic E-state index is 6.28. The first-order valence-corrected chi connectivity index (χ1v) is 7.31. The van der Waals surface area contributed by atoms with Gasteiger partial charge in [0.2, 0.25) is 0 Å². The lowest BCUT2D eigenvalue weighted by Crippen LogP contribution is -2.11. The molecule has 1 aromatic rings. The summed E-state index contributed by atoms with van der Waals surface area (Å²) in [6, 6.07) is 4.01. The molecule has 1 atom stereocenters. The third-order valence-electron chi connectivity index (χ3n) is 3.55. The molecule has 0 saturated heterocycles. The highest BCUT2D eigenvalue weighted by molar-refractivity contribution is 6.30. The number of rotatable bonds is 6. The molecule has 2 rings (SSSR count). The van der Waals surface area contributed by atoms with Gasteiger partial charge in [-0.2, -0.15) is 0 Å². The molecule has 1 heterocycles. The number of unbranched alkanes of at least 4 members (excludes halogenated alkanes) is 3. The van der Waals surface area contributed by atoms with Crippen molar-refractivity contribution in [2.45, 2.75) is 51.5 Å². The van der Waals surface area contributed by atoms with E-state index in [2.05, 4.69) is 6.92 Å². The van der Waals surface area contributed by atoms with E-state index >= 15 is 0 Å². The van der Waals surface area contributed by atoms with Crippen LogP contribution in [0.2, 0.25) is 5.02 Å². The van der Waals surface area contributed by atoms with Crippen molar-refractivity contribution in [3.05, 3.63) is 28.3 Å². The quantitative estimate of drug-likeness (QED) is 0.782. The molecule has 2 nitrogen and oxygen atoms in total. The van der Waals surface area contributed by atoms with Crippen LogP contribution in [0.5, 0.6) is 5.75 Å². The Bertz CT molecular complexity index is 406. The molecule has 0 spiro atoms. The number of hydrogen-bond acceptors (Lipinski definition) is 2. The summed E-state index contributed by atoms with van der Waals surface area (Å²) in [6.07, 6.45) is 6.94. The predicted molar refractivity (Wildman–Crippen MR) is 76.3 cm³/mol. The third-order valence-corrected chi connectivity index (χ3v) is 3.76. The molecule has 3 heteroatoms. The van der Waals surface area contributed by atoms with Crippen LogP contribution in [-0.2, 0) is 6.42 Å². The Kier molecular flexibility index (Phi) is 4.90. The van der Waals surface area contributed by atoms with Crippen molar-refractivity contribution in [1.29, 1.82) is 0 Å². The molecule has 2 N–H and O–H groups in total. The number of halogens is 1. The van der Waals surface area contributed by atoms with Crippen molar-refractivity contribution >= 4 is 11.6 Å². The molecule has 0 saturated carbocycles. The lowest BCUT2D eigenvalue weighted by Gasteiger charge is -2.16. The van der Waals surface area contributed by atoms with Gasteiger partial charge in [0.05, 0.1) is 6.61 Å². The summed E-state index contributed by atoms with van der Waals surface area (Å²) in [5.41, 5.74) is 8.58. The van der Waals surface area contributed by atoms with Gasteiger partial charge in [-0.1, -0.05) is 44.2 Å². The Morgan fingerprint density at radius 1 is 1.33 bits per heavy atom. The van der Waals surface area contributed by atoms with Crippen molar-refractivity contribution < 1.29 is 4.74 Å². The maximum absolute atomic E-state index is 6.28. The molecule has 0 radical (unpaired) electrons. The highest BCUT2D eigenvalue weighted by atomic mass is 35.5. The minimum absolute atomic E-state index is 0.0485. The Balaban J connectivity index is 2.03. The van der Waals surface area contributed by atoms with Crippen LogP contribution < -0.4 is 10.5 Å². The molecule has 1 aromatic carbocycles. The standard InChI is InChI=1S/C15H22ClNO/c1-2-3-4-5-6-14(17)13-10-12(16)9-11-7-8-18-15(11)13/h9-10,14H,2-8,17H2,1H3. The van der Waals surface area contributed by atoms with Crippen LogP contribution in [0.15, 0.2) is 12.1 Å². The van der Waals surface area contributed by atoms with Gasteiger partial charge in [0.1, 0.15) is 5.75 Å². The van der Waals surface area contributed by atoms with Gasteiger partial charge < -0.3 is 10.5 Å². The van der Waals surface area contributed by atoms with E-state index in [1.807, 2.05) is 12.1 Å². The van der Waals surface area contributed by atoms with E-state index < -0.39 is 0 Å². The number of ether oxygens (including phenoxy) is 1. The summed E-state index contributed by atoms with van der Waals surface area (Å²) in [4.78, 5) is 0. The Morgan fingerprint density at radius 3 is 2.94 bits per heavy atom. The van der Waals surface area contributed by atoms with E-state index in [-0.39, 0.29) is 6.04 Å². The molecule has 1 aliphatic heterocycles. The van der Waals surface area contributed by atoms with Crippen LogP contribution in [0.1, 0.15) is 56.2 Å². The second kappa shape index (κ2) is 6.44. The van der Waals surface area contributed by atoms with Crippen molar-refractivity contribution in [1.82, 2.24) is 0 Å². The van der Waals surface area contributed by atoms with Crippen LogP contribution in [0.25, 0.3) is 0 Å². The fourth-order valence-corrected chi connectivity index (χ4v) is 2.77.